The van der Waals surface area contributed by atoms with E-state index in [1.54, 1.807) is 17.0 Å². The van der Waals surface area contributed by atoms with Crippen LogP contribution in [0.4, 0.5) is 4.39 Å². The molecule has 1 aromatic carbocycles. The van der Waals surface area contributed by atoms with Gasteiger partial charge in [-0.2, -0.15) is 0 Å². The molecule has 130 valence electrons. The molecule has 5 heteroatoms. The van der Waals surface area contributed by atoms with E-state index in [2.05, 4.69) is 5.32 Å². The molecule has 0 unspecified atom stereocenters. The van der Waals surface area contributed by atoms with Gasteiger partial charge in [0.1, 0.15) is 5.82 Å². The number of amides is 2. The number of nitrogens with zero attached hydrogens (tertiary/aromatic N) is 1. The maximum atomic E-state index is 12.9. The number of rotatable bonds is 5. The lowest BCUT2D eigenvalue weighted by molar-refractivity contribution is -0.128. The Balaban J connectivity index is 1.45. The molecule has 1 heterocycles. The summed E-state index contributed by atoms with van der Waals surface area (Å²) < 4.78 is 12.9. The van der Waals surface area contributed by atoms with Crippen molar-refractivity contribution < 1.29 is 14.0 Å². The van der Waals surface area contributed by atoms with Crippen molar-refractivity contribution in [2.24, 2.45) is 11.8 Å². The van der Waals surface area contributed by atoms with Gasteiger partial charge in [-0.3, -0.25) is 9.59 Å². The van der Waals surface area contributed by atoms with Gasteiger partial charge in [0.25, 0.3) is 0 Å². The summed E-state index contributed by atoms with van der Waals surface area (Å²) in [6.45, 7) is 1.73. The van der Waals surface area contributed by atoms with Crippen molar-refractivity contribution in [3.8, 4) is 0 Å². The van der Waals surface area contributed by atoms with Gasteiger partial charge in [0.2, 0.25) is 11.8 Å². The summed E-state index contributed by atoms with van der Waals surface area (Å²) in [5.74, 6) is 0.321. The lowest BCUT2D eigenvalue weighted by atomic mass is 9.88. The molecule has 2 aliphatic rings. The number of halogens is 1. The van der Waals surface area contributed by atoms with Crippen LogP contribution < -0.4 is 5.32 Å². The van der Waals surface area contributed by atoms with Crippen LogP contribution in [-0.4, -0.2) is 29.8 Å². The number of hydrogen-bond donors (Lipinski definition) is 1. The molecule has 4 nitrogen and oxygen atoms in total. The Morgan fingerprint density at radius 1 is 1.17 bits per heavy atom. The Bertz CT molecular complexity index is 582. The number of hydrogen-bond acceptors (Lipinski definition) is 2. The Kier molecular flexibility index (Phi) is 5.48. The molecule has 2 fully saturated rings. The highest BCUT2D eigenvalue weighted by Crippen LogP contribution is 2.24. The van der Waals surface area contributed by atoms with E-state index >= 15 is 0 Å². The normalized spacial score (nSPS) is 22.0. The van der Waals surface area contributed by atoms with Gasteiger partial charge in [-0.25, -0.2) is 4.39 Å². The molecule has 1 aliphatic heterocycles. The molecule has 1 aromatic rings. The molecule has 0 bridgehead atoms. The highest BCUT2D eigenvalue weighted by atomic mass is 19.1. The fraction of sp³-hybridized carbons (Fsp3) is 0.579. The largest absolute Gasteiger partial charge is 0.356 e. The van der Waals surface area contributed by atoms with Crippen LogP contribution in [0.2, 0.25) is 0 Å². The zero-order chi connectivity index (χ0) is 16.9. The average Bonchev–Trinajstić information content (AvgIpc) is 2.95. The molecule has 24 heavy (non-hydrogen) atoms. The fourth-order valence-electron chi connectivity index (χ4n) is 3.71. The van der Waals surface area contributed by atoms with Crippen molar-refractivity contribution in [3.05, 3.63) is 35.6 Å². The lowest BCUT2D eigenvalue weighted by Crippen LogP contribution is -2.36. The summed E-state index contributed by atoms with van der Waals surface area (Å²) in [4.78, 5) is 26.1. The minimum atomic E-state index is -0.269. The second-order valence-corrected chi connectivity index (χ2v) is 7.05. The Morgan fingerprint density at radius 2 is 1.88 bits per heavy atom. The van der Waals surface area contributed by atoms with Crippen molar-refractivity contribution in [2.75, 3.05) is 13.1 Å². The van der Waals surface area contributed by atoms with E-state index in [0.717, 1.165) is 31.2 Å². The van der Waals surface area contributed by atoms with Crippen molar-refractivity contribution >= 4 is 11.8 Å². The predicted molar refractivity (Wildman–Crippen MR) is 89.5 cm³/mol. The van der Waals surface area contributed by atoms with Crippen molar-refractivity contribution in [1.82, 2.24) is 10.2 Å². The Morgan fingerprint density at radius 3 is 2.58 bits per heavy atom. The van der Waals surface area contributed by atoms with Crippen molar-refractivity contribution in [2.45, 2.75) is 45.1 Å². The molecule has 0 aromatic heterocycles. The smallest absolute Gasteiger partial charge is 0.223 e. The summed E-state index contributed by atoms with van der Waals surface area (Å²) in [5.41, 5.74) is 0.927. The maximum Gasteiger partial charge on any atom is 0.223 e. The van der Waals surface area contributed by atoms with Crippen LogP contribution in [0.25, 0.3) is 0 Å². The van der Waals surface area contributed by atoms with Crippen LogP contribution in [0.1, 0.15) is 44.1 Å². The molecule has 1 atom stereocenters. The van der Waals surface area contributed by atoms with Crippen LogP contribution in [0.3, 0.4) is 0 Å². The molecular weight excluding hydrogens is 307 g/mol. The third-order valence-corrected chi connectivity index (χ3v) is 5.12. The quantitative estimate of drug-likeness (QED) is 0.901. The third-order valence-electron chi connectivity index (χ3n) is 5.12. The van der Waals surface area contributed by atoms with Crippen LogP contribution in [-0.2, 0) is 16.1 Å². The third kappa shape index (κ3) is 4.34. The monoisotopic (exact) mass is 332 g/mol. The lowest BCUT2D eigenvalue weighted by Gasteiger charge is -2.22. The van der Waals surface area contributed by atoms with Gasteiger partial charge in [0.15, 0.2) is 0 Å². The van der Waals surface area contributed by atoms with E-state index in [1.807, 2.05) is 0 Å². The molecule has 0 spiro atoms. The van der Waals surface area contributed by atoms with E-state index < -0.39 is 0 Å². The molecule has 3 rings (SSSR count). The number of likely N-dealkylation sites (tertiary alicyclic amines) is 1. The van der Waals surface area contributed by atoms with E-state index in [1.165, 1.54) is 18.6 Å². The van der Waals surface area contributed by atoms with Crippen LogP contribution >= 0.6 is 0 Å². The first kappa shape index (κ1) is 16.9. The Hall–Kier alpha value is -1.91. The number of benzene rings is 1. The van der Waals surface area contributed by atoms with Gasteiger partial charge in [-0.05, 0) is 30.5 Å². The van der Waals surface area contributed by atoms with Crippen LogP contribution in [0.15, 0.2) is 24.3 Å². The standard InChI is InChI=1S/C19H25FN2O2/c20-17-8-6-14(7-9-17)12-22-13-15(10-18(22)23)11-21-19(24)16-4-2-1-3-5-16/h6-9,15-16H,1-5,10-13H2,(H,21,24)/t15-/m0/s1. The summed E-state index contributed by atoms with van der Waals surface area (Å²) >= 11 is 0. The maximum absolute atomic E-state index is 12.9. The Labute approximate surface area is 142 Å². The van der Waals surface area contributed by atoms with Crippen molar-refractivity contribution in [1.29, 1.82) is 0 Å². The first-order chi connectivity index (χ1) is 11.6. The number of carbonyl (C=O) groups excluding carboxylic acids is 2. The van der Waals surface area contributed by atoms with Gasteiger partial charge in [-0.1, -0.05) is 31.4 Å². The second kappa shape index (κ2) is 7.77. The number of nitrogens with one attached hydrogen (secondary N) is 1. The van der Waals surface area contributed by atoms with Crippen molar-refractivity contribution in [3.63, 3.8) is 0 Å². The molecular formula is C19H25FN2O2. The molecule has 1 saturated carbocycles. The average molecular weight is 332 g/mol. The SMILES string of the molecule is O=C(NC[C@@H]1CC(=O)N(Cc2ccc(F)cc2)C1)C1CCCCC1. The summed E-state index contributed by atoms with van der Waals surface area (Å²) in [6.07, 6.45) is 5.99. The van der Waals surface area contributed by atoms with Gasteiger partial charge in [0.05, 0.1) is 0 Å². The van der Waals surface area contributed by atoms with Gasteiger partial charge >= 0.3 is 0 Å². The molecule has 1 N–H and O–H groups in total. The van der Waals surface area contributed by atoms with Gasteiger partial charge in [0, 0.05) is 37.9 Å². The molecule has 1 aliphatic carbocycles. The first-order valence-corrected chi connectivity index (χ1v) is 8.92. The zero-order valence-electron chi connectivity index (χ0n) is 14.0. The molecule has 2 amide bonds. The minimum absolute atomic E-state index is 0.108. The first-order valence-electron chi connectivity index (χ1n) is 8.92. The number of carbonyl (C=O) groups is 2. The van der Waals surface area contributed by atoms with Gasteiger partial charge < -0.3 is 10.2 Å². The molecule has 0 radical (unpaired) electrons. The van der Waals surface area contributed by atoms with E-state index in [4.69, 9.17) is 0 Å². The summed E-state index contributed by atoms with van der Waals surface area (Å²) in [6, 6.07) is 6.25. The van der Waals surface area contributed by atoms with E-state index in [-0.39, 0.29) is 29.5 Å². The summed E-state index contributed by atoms with van der Waals surface area (Å²) in [5, 5.41) is 3.04. The highest BCUT2D eigenvalue weighted by molar-refractivity contribution is 5.80. The highest BCUT2D eigenvalue weighted by Gasteiger charge is 2.30. The topological polar surface area (TPSA) is 49.4 Å². The second-order valence-electron chi connectivity index (χ2n) is 7.05. The van der Waals surface area contributed by atoms with E-state index in [0.29, 0.717) is 26.1 Å². The molecule has 1 saturated heterocycles. The zero-order valence-corrected chi connectivity index (χ0v) is 14.0. The predicted octanol–water partition coefficient (Wildman–Crippen LogP) is 2.87. The van der Waals surface area contributed by atoms with E-state index in [9.17, 15) is 14.0 Å². The van der Waals surface area contributed by atoms with Gasteiger partial charge in [-0.15, -0.1) is 0 Å². The van der Waals surface area contributed by atoms with Crippen LogP contribution in [0.5, 0.6) is 0 Å². The van der Waals surface area contributed by atoms with Crippen LogP contribution in [0, 0.1) is 17.7 Å². The fourth-order valence-corrected chi connectivity index (χ4v) is 3.71. The minimum Gasteiger partial charge on any atom is -0.356 e. The summed E-state index contributed by atoms with van der Waals surface area (Å²) in [7, 11) is 0.